The highest BCUT2D eigenvalue weighted by Crippen LogP contribution is 2.68. The molecular weight excluding hydrogens is 779 g/mol. The smallest absolute Gasteiger partial charge is 0.0963 e. The zero-order chi connectivity index (χ0) is 41.7. The summed E-state index contributed by atoms with van der Waals surface area (Å²) in [6.45, 7) is 0. The molecule has 3 aliphatic carbocycles. The Kier molecular flexibility index (Phi) is 6.49. The number of rotatable bonds is 2. The van der Waals surface area contributed by atoms with Gasteiger partial charge in [-0.2, -0.15) is 0 Å². The van der Waals surface area contributed by atoms with Crippen LogP contribution in [-0.4, -0.2) is 19.5 Å². The fourth-order valence-electron chi connectivity index (χ4n) is 12.5. The van der Waals surface area contributed by atoms with Gasteiger partial charge < -0.3 is 9.47 Å². The number of hydrogen-bond donors (Lipinski definition) is 0. The van der Waals surface area contributed by atoms with E-state index in [4.69, 9.17) is 15.0 Å². The van der Waals surface area contributed by atoms with Crippen LogP contribution in [0.3, 0.4) is 0 Å². The molecule has 11 aromatic rings. The summed E-state index contributed by atoms with van der Waals surface area (Å²) in [6.07, 6.45) is 5.83. The van der Waals surface area contributed by atoms with Gasteiger partial charge in [0.1, 0.15) is 0 Å². The van der Waals surface area contributed by atoms with Gasteiger partial charge in [0.25, 0.3) is 0 Å². The van der Waals surface area contributed by atoms with Gasteiger partial charge in [-0.1, -0.05) is 133 Å². The highest BCUT2D eigenvalue weighted by atomic mass is 15.2. The molecule has 0 saturated heterocycles. The molecule has 7 aromatic carbocycles. The number of para-hydroxylation sites is 3. The maximum absolute atomic E-state index is 5.44. The molecule has 64 heavy (non-hydrogen) atoms. The minimum absolute atomic E-state index is 0.507. The number of fused-ring (bicyclic) bond motifs is 22. The Morgan fingerprint density at radius 3 is 1.70 bits per heavy atom. The van der Waals surface area contributed by atoms with Gasteiger partial charge in [0.2, 0.25) is 0 Å². The molecule has 0 radical (unpaired) electrons. The van der Waals surface area contributed by atoms with Crippen molar-refractivity contribution in [3.05, 3.63) is 257 Å². The molecule has 5 heterocycles. The standard InChI is InChI=1S/C59H35N5/c1-2-16-36(17-3-1)63-52-28-13-11-25-46(52)59(47-26-14-30-61-56(47)57-50(59)32-37(35-62-57)64-51-27-12-7-21-41(51)55-53(64)29-15-31-60-55)49-33-42-40-20-6-10-24-45(40)58(48(42)34-54(49)63)43-22-8-4-18-38(43)39-19-5-9-23-44(39)58/h1-35H. The van der Waals surface area contributed by atoms with Crippen molar-refractivity contribution >= 4 is 39.0 Å². The van der Waals surface area contributed by atoms with Crippen LogP contribution in [0.2, 0.25) is 0 Å². The number of anilines is 3. The predicted octanol–water partition coefficient (Wildman–Crippen LogP) is 13.5. The van der Waals surface area contributed by atoms with E-state index in [1.807, 2.05) is 24.7 Å². The van der Waals surface area contributed by atoms with E-state index in [9.17, 15) is 0 Å². The quantitative estimate of drug-likeness (QED) is 0.174. The number of nitrogens with zero attached hydrogens (tertiary/aromatic N) is 5. The van der Waals surface area contributed by atoms with E-state index in [0.29, 0.717) is 0 Å². The van der Waals surface area contributed by atoms with Crippen LogP contribution in [0.1, 0.15) is 44.5 Å². The topological polar surface area (TPSA) is 46.8 Å². The van der Waals surface area contributed by atoms with Gasteiger partial charge in [0, 0.05) is 29.0 Å². The summed E-state index contributed by atoms with van der Waals surface area (Å²) >= 11 is 0. The first-order valence-electron chi connectivity index (χ1n) is 22.0. The normalized spacial score (nSPS) is 16.3. The Morgan fingerprint density at radius 1 is 0.344 bits per heavy atom. The van der Waals surface area contributed by atoms with Gasteiger partial charge in [0.15, 0.2) is 0 Å². The summed E-state index contributed by atoms with van der Waals surface area (Å²) < 4.78 is 2.33. The summed E-state index contributed by atoms with van der Waals surface area (Å²) in [5, 5.41) is 1.11. The minimum atomic E-state index is -0.776. The van der Waals surface area contributed by atoms with Crippen LogP contribution in [-0.2, 0) is 10.8 Å². The predicted molar refractivity (Wildman–Crippen MR) is 256 cm³/mol. The molecule has 1 unspecified atom stereocenters. The molecule has 296 valence electrons. The van der Waals surface area contributed by atoms with Crippen LogP contribution in [0.15, 0.2) is 213 Å². The SMILES string of the molecule is c1ccc(N2c3ccccc3C3(c4cc5c(cc42)C2(c4ccccc4-c4ccccc42)c2ccccc2-5)c2cccnc2-c2ncc(-n4c5ccccc5c5ncccc54)cc23)cc1. The average Bonchev–Trinajstić information content (AvgIpc) is 4.05. The molecule has 5 heteroatoms. The minimum Gasteiger partial charge on any atom is -0.310 e. The number of hydrogen-bond acceptors (Lipinski definition) is 4. The van der Waals surface area contributed by atoms with Crippen molar-refractivity contribution in [3.8, 4) is 39.3 Å². The Bertz CT molecular complexity index is 3730. The molecule has 4 aliphatic rings. The van der Waals surface area contributed by atoms with Gasteiger partial charge in [-0.15, -0.1) is 0 Å². The van der Waals surface area contributed by atoms with Crippen LogP contribution >= 0.6 is 0 Å². The summed E-state index contributed by atoms with van der Waals surface area (Å²) in [4.78, 5) is 18.0. The highest BCUT2D eigenvalue weighted by Gasteiger charge is 2.57. The van der Waals surface area contributed by atoms with Crippen molar-refractivity contribution < 1.29 is 0 Å². The van der Waals surface area contributed by atoms with E-state index in [1.54, 1.807) is 0 Å². The monoisotopic (exact) mass is 813 g/mol. The van der Waals surface area contributed by atoms with E-state index in [1.165, 1.54) is 55.6 Å². The summed E-state index contributed by atoms with van der Waals surface area (Å²) in [6, 6.07) is 71.8. The first-order chi connectivity index (χ1) is 31.8. The fourth-order valence-corrected chi connectivity index (χ4v) is 12.5. The molecule has 0 amide bonds. The van der Waals surface area contributed by atoms with E-state index < -0.39 is 10.8 Å². The fraction of sp³-hybridized carbons (Fsp3) is 0.0339. The van der Waals surface area contributed by atoms with Crippen LogP contribution < -0.4 is 4.90 Å². The third-order valence-corrected chi connectivity index (χ3v) is 14.7. The van der Waals surface area contributed by atoms with Crippen molar-refractivity contribution in [1.29, 1.82) is 0 Å². The van der Waals surface area contributed by atoms with Crippen molar-refractivity contribution in [1.82, 2.24) is 19.5 Å². The molecule has 0 bridgehead atoms. The summed E-state index contributed by atoms with van der Waals surface area (Å²) in [5.74, 6) is 0. The molecule has 1 atom stereocenters. The van der Waals surface area contributed by atoms with E-state index in [0.717, 1.165) is 67.2 Å². The lowest BCUT2D eigenvalue weighted by Gasteiger charge is -2.45. The van der Waals surface area contributed by atoms with E-state index in [-0.39, 0.29) is 0 Å². The molecule has 5 nitrogen and oxygen atoms in total. The van der Waals surface area contributed by atoms with Gasteiger partial charge in [-0.3, -0.25) is 15.0 Å². The first-order valence-corrected chi connectivity index (χ1v) is 22.0. The van der Waals surface area contributed by atoms with Crippen molar-refractivity contribution in [2.75, 3.05) is 4.90 Å². The second-order valence-electron chi connectivity index (χ2n) is 17.5. The van der Waals surface area contributed by atoms with Crippen molar-refractivity contribution in [3.63, 3.8) is 0 Å². The van der Waals surface area contributed by atoms with Gasteiger partial charge in [-0.25, -0.2) is 0 Å². The second kappa shape index (κ2) is 12.2. The molecule has 1 aliphatic heterocycles. The maximum atomic E-state index is 5.44. The summed E-state index contributed by atoms with van der Waals surface area (Å²) in [5.41, 5.74) is 23.1. The van der Waals surface area contributed by atoms with Crippen LogP contribution in [0.25, 0.3) is 61.3 Å². The van der Waals surface area contributed by atoms with Crippen LogP contribution in [0.5, 0.6) is 0 Å². The maximum Gasteiger partial charge on any atom is 0.0963 e. The van der Waals surface area contributed by atoms with Crippen LogP contribution in [0, 0.1) is 0 Å². The average molecular weight is 814 g/mol. The Labute approximate surface area is 369 Å². The zero-order valence-corrected chi connectivity index (χ0v) is 34.4. The Morgan fingerprint density at radius 2 is 0.922 bits per heavy atom. The van der Waals surface area contributed by atoms with Gasteiger partial charge in [-0.05, 0) is 122 Å². The molecular formula is C59H35N5. The van der Waals surface area contributed by atoms with Gasteiger partial charge in [0.05, 0.1) is 62.0 Å². The van der Waals surface area contributed by atoms with E-state index in [2.05, 4.69) is 198 Å². The summed E-state index contributed by atoms with van der Waals surface area (Å²) in [7, 11) is 0. The molecule has 4 aromatic heterocycles. The lowest BCUT2D eigenvalue weighted by atomic mass is 9.63. The first kappa shape index (κ1) is 34.2. The lowest BCUT2D eigenvalue weighted by molar-refractivity contribution is 0.743. The second-order valence-corrected chi connectivity index (χ2v) is 17.5. The molecule has 0 N–H and O–H groups in total. The number of pyridine rings is 3. The third-order valence-electron chi connectivity index (χ3n) is 14.7. The Hall–Kier alpha value is -8.41. The highest BCUT2D eigenvalue weighted by molar-refractivity contribution is 6.07. The van der Waals surface area contributed by atoms with E-state index >= 15 is 0 Å². The number of benzene rings is 7. The van der Waals surface area contributed by atoms with Crippen molar-refractivity contribution in [2.24, 2.45) is 0 Å². The van der Waals surface area contributed by atoms with Gasteiger partial charge >= 0.3 is 0 Å². The lowest BCUT2D eigenvalue weighted by Crippen LogP contribution is -2.37. The third kappa shape index (κ3) is 3.95. The Balaban J connectivity index is 1.11. The molecule has 0 fully saturated rings. The zero-order valence-electron chi connectivity index (χ0n) is 34.4. The molecule has 2 spiro atoms. The largest absolute Gasteiger partial charge is 0.310 e. The molecule has 0 saturated carbocycles. The van der Waals surface area contributed by atoms with Crippen LogP contribution in [0.4, 0.5) is 17.1 Å². The van der Waals surface area contributed by atoms with Crippen molar-refractivity contribution in [2.45, 2.75) is 10.8 Å². The number of aromatic nitrogens is 4. The molecule has 15 rings (SSSR count).